The molecule has 0 aliphatic rings. The number of benzene rings is 1. The molecule has 1 unspecified atom stereocenters. The number of hydrogen-bond acceptors (Lipinski definition) is 1. The largest absolute Gasteiger partial charge is 0.310 e. The summed E-state index contributed by atoms with van der Waals surface area (Å²) >= 11 is 5.78. The van der Waals surface area contributed by atoms with Gasteiger partial charge in [0.25, 0.3) is 0 Å². The molecule has 90 valence electrons. The summed E-state index contributed by atoms with van der Waals surface area (Å²) in [4.78, 5) is 0. The molecule has 1 atom stereocenters. The van der Waals surface area contributed by atoms with Gasteiger partial charge in [-0.25, -0.2) is 4.39 Å². The monoisotopic (exact) mass is 243 g/mol. The van der Waals surface area contributed by atoms with Crippen molar-refractivity contribution < 1.29 is 4.39 Å². The van der Waals surface area contributed by atoms with E-state index >= 15 is 0 Å². The van der Waals surface area contributed by atoms with E-state index in [0.717, 1.165) is 12.0 Å². The van der Waals surface area contributed by atoms with Crippen molar-refractivity contribution in [2.75, 3.05) is 0 Å². The average Bonchev–Trinajstić information content (AvgIpc) is 2.12. The van der Waals surface area contributed by atoms with Gasteiger partial charge in [-0.1, -0.05) is 25.4 Å². The SMILES string of the molecule is CC(C)CC(C)NCc1cc(F)cc(Cl)c1. The van der Waals surface area contributed by atoms with Gasteiger partial charge in [0.15, 0.2) is 0 Å². The zero-order valence-corrected chi connectivity index (χ0v) is 10.8. The molecule has 1 nitrogen and oxygen atoms in total. The second-order valence-corrected chi connectivity index (χ2v) is 5.13. The van der Waals surface area contributed by atoms with Crippen molar-refractivity contribution in [3.8, 4) is 0 Å². The van der Waals surface area contributed by atoms with Crippen molar-refractivity contribution in [3.05, 3.63) is 34.6 Å². The van der Waals surface area contributed by atoms with Crippen molar-refractivity contribution in [2.45, 2.75) is 39.8 Å². The standard InChI is InChI=1S/C13H19ClFN/c1-9(2)4-10(3)16-8-11-5-12(14)7-13(15)6-11/h5-7,9-10,16H,4,8H2,1-3H3. The molecular weight excluding hydrogens is 225 g/mol. The minimum absolute atomic E-state index is 0.277. The lowest BCUT2D eigenvalue weighted by molar-refractivity contribution is 0.441. The van der Waals surface area contributed by atoms with Gasteiger partial charge in [0.1, 0.15) is 5.82 Å². The first kappa shape index (κ1) is 13.5. The molecule has 0 aliphatic carbocycles. The lowest BCUT2D eigenvalue weighted by atomic mass is 10.1. The van der Waals surface area contributed by atoms with Crippen LogP contribution in [0.25, 0.3) is 0 Å². The van der Waals surface area contributed by atoms with Crippen molar-refractivity contribution in [1.29, 1.82) is 0 Å². The Kier molecular flexibility index (Phi) is 5.23. The van der Waals surface area contributed by atoms with Gasteiger partial charge in [-0.3, -0.25) is 0 Å². The molecule has 0 aliphatic heterocycles. The summed E-state index contributed by atoms with van der Waals surface area (Å²) in [6, 6.07) is 5.06. The van der Waals surface area contributed by atoms with Crippen LogP contribution in [-0.2, 0) is 6.54 Å². The zero-order valence-electron chi connectivity index (χ0n) is 10.1. The molecule has 0 heterocycles. The van der Waals surface area contributed by atoms with Gasteiger partial charge in [-0.2, -0.15) is 0 Å². The third-order valence-corrected chi connectivity index (χ3v) is 2.62. The Bertz CT molecular complexity index is 318. The normalized spacial score (nSPS) is 13.1. The van der Waals surface area contributed by atoms with Gasteiger partial charge in [0.2, 0.25) is 0 Å². The summed E-state index contributed by atoms with van der Waals surface area (Å²) in [5.41, 5.74) is 0.889. The van der Waals surface area contributed by atoms with Crippen molar-refractivity contribution in [3.63, 3.8) is 0 Å². The van der Waals surface area contributed by atoms with Crippen molar-refractivity contribution in [1.82, 2.24) is 5.32 Å². The van der Waals surface area contributed by atoms with Crippen LogP contribution >= 0.6 is 11.6 Å². The zero-order chi connectivity index (χ0) is 12.1. The molecule has 0 saturated heterocycles. The second-order valence-electron chi connectivity index (χ2n) is 4.69. The predicted molar refractivity (Wildman–Crippen MR) is 67.2 cm³/mol. The van der Waals surface area contributed by atoms with E-state index in [1.807, 2.05) is 0 Å². The van der Waals surface area contributed by atoms with E-state index in [4.69, 9.17) is 11.6 Å². The third-order valence-electron chi connectivity index (χ3n) is 2.40. The van der Waals surface area contributed by atoms with Gasteiger partial charge < -0.3 is 5.32 Å². The molecule has 3 heteroatoms. The highest BCUT2D eigenvalue weighted by atomic mass is 35.5. The Hall–Kier alpha value is -0.600. The maximum absolute atomic E-state index is 13.1. The lowest BCUT2D eigenvalue weighted by Crippen LogP contribution is -2.26. The second kappa shape index (κ2) is 6.21. The fourth-order valence-corrected chi connectivity index (χ4v) is 2.04. The first-order valence-electron chi connectivity index (χ1n) is 5.65. The minimum atomic E-state index is -0.277. The topological polar surface area (TPSA) is 12.0 Å². The first-order valence-corrected chi connectivity index (χ1v) is 6.03. The molecule has 0 spiro atoms. The highest BCUT2D eigenvalue weighted by Crippen LogP contribution is 2.14. The summed E-state index contributed by atoms with van der Waals surface area (Å²) in [5, 5.41) is 3.81. The molecule has 1 rings (SSSR count). The van der Waals surface area contributed by atoms with Gasteiger partial charge in [0, 0.05) is 17.6 Å². The molecule has 1 aromatic carbocycles. The predicted octanol–water partition coefficient (Wildman–Crippen LogP) is 4.00. The Morgan fingerprint density at radius 1 is 1.25 bits per heavy atom. The summed E-state index contributed by atoms with van der Waals surface area (Å²) in [7, 11) is 0. The van der Waals surface area contributed by atoms with Gasteiger partial charge in [-0.05, 0) is 43.0 Å². The van der Waals surface area contributed by atoms with Crippen LogP contribution < -0.4 is 5.32 Å². The molecule has 0 radical (unpaired) electrons. The van der Waals surface area contributed by atoms with E-state index in [9.17, 15) is 4.39 Å². The highest BCUT2D eigenvalue weighted by molar-refractivity contribution is 6.30. The van der Waals surface area contributed by atoms with Gasteiger partial charge in [-0.15, -0.1) is 0 Å². The van der Waals surface area contributed by atoms with E-state index in [-0.39, 0.29) is 5.82 Å². The minimum Gasteiger partial charge on any atom is -0.310 e. The molecule has 0 bridgehead atoms. The van der Waals surface area contributed by atoms with Crippen LogP contribution in [-0.4, -0.2) is 6.04 Å². The quantitative estimate of drug-likeness (QED) is 0.824. The molecule has 0 aromatic heterocycles. The Balaban J connectivity index is 2.48. The maximum Gasteiger partial charge on any atom is 0.125 e. The van der Waals surface area contributed by atoms with Crippen molar-refractivity contribution in [2.24, 2.45) is 5.92 Å². The van der Waals surface area contributed by atoms with Crippen LogP contribution in [0.5, 0.6) is 0 Å². The summed E-state index contributed by atoms with van der Waals surface area (Å²) < 4.78 is 13.1. The fourth-order valence-electron chi connectivity index (χ4n) is 1.80. The summed E-state index contributed by atoms with van der Waals surface area (Å²) in [6.45, 7) is 7.18. The molecule has 1 aromatic rings. The Morgan fingerprint density at radius 3 is 2.50 bits per heavy atom. The van der Waals surface area contributed by atoms with Crippen LogP contribution in [0, 0.1) is 11.7 Å². The van der Waals surface area contributed by atoms with E-state index in [1.54, 1.807) is 6.07 Å². The highest BCUT2D eigenvalue weighted by Gasteiger charge is 2.05. The summed E-state index contributed by atoms with van der Waals surface area (Å²) in [6.07, 6.45) is 1.11. The smallest absolute Gasteiger partial charge is 0.125 e. The molecule has 0 fully saturated rings. The van der Waals surface area contributed by atoms with Crippen LogP contribution in [0.4, 0.5) is 4.39 Å². The number of halogens is 2. The summed E-state index contributed by atoms with van der Waals surface area (Å²) in [5.74, 6) is 0.388. The Labute approximate surface area is 102 Å². The van der Waals surface area contributed by atoms with Crippen LogP contribution in [0.15, 0.2) is 18.2 Å². The van der Waals surface area contributed by atoms with E-state index in [2.05, 4.69) is 26.1 Å². The molecule has 16 heavy (non-hydrogen) atoms. The third kappa shape index (κ3) is 4.95. The van der Waals surface area contributed by atoms with Gasteiger partial charge >= 0.3 is 0 Å². The van der Waals surface area contributed by atoms with E-state index in [1.165, 1.54) is 12.1 Å². The number of nitrogens with one attached hydrogen (secondary N) is 1. The van der Waals surface area contributed by atoms with Gasteiger partial charge in [0.05, 0.1) is 0 Å². The van der Waals surface area contributed by atoms with Crippen molar-refractivity contribution >= 4 is 11.6 Å². The van der Waals surface area contributed by atoms with E-state index < -0.39 is 0 Å². The number of rotatable bonds is 5. The van der Waals surface area contributed by atoms with Crippen LogP contribution in [0.3, 0.4) is 0 Å². The molecule has 1 N–H and O–H groups in total. The fraction of sp³-hybridized carbons (Fsp3) is 0.538. The molecule has 0 saturated carbocycles. The van der Waals surface area contributed by atoms with Crippen LogP contribution in [0.1, 0.15) is 32.8 Å². The maximum atomic E-state index is 13.1. The number of hydrogen-bond donors (Lipinski definition) is 1. The van der Waals surface area contributed by atoms with E-state index in [0.29, 0.717) is 23.5 Å². The Morgan fingerprint density at radius 2 is 1.94 bits per heavy atom. The van der Waals surface area contributed by atoms with Crippen LogP contribution in [0.2, 0.25) is 5.02 Å². The first-order chi connectivity index (χ1) is 7.47. The molecular formula is C13H19ClFN. The lowest BCUT2D eigenvalue weighted by Gasteiger charge is -2.16. The molecule has 0 amide bonds. The average molecular weight is 244 g/mol.